The highest BCUT2D eigenvalue weighted by Crippen LogP contribution is 2.36. The fraction of sp³-hybridized carbons (Fsp3) is 0.320. The number of aromatic nitrogens is 1. The Labute approximate surface area is 190 Å². The van der Waals surface area contributed by atoms with Crippen molar-refractivity contribution in [3.63, 3.8) is 0 Å². The minimum absolute atomic E-state index is 0.178. The molecule has 0 amide bonds. The van der Waals surface area contributed by atoms with Crippen molar-refractivity contribution in [1.29, 1.82) is 0 Å². The molecule has 2 heterocycles. The molecule has 1 atom stereocenters. The van der Waals surface area contributed by atoms with Crippen molar-refractivity contribution in [2.45, 2.75) is 33.0 Å². The topological polar surface area (TPSA) is 80.8 Å². The number of pyridine rings is 1. The molecule has 0 aliphatic carbocycles. The van der Waals surface area contributed by atoms with Crippen molar-refractivity contribution in [1.82, 2.24) is 9.88 Å². The van der Waals surface area contributed by atoms with E-state index in [1.807, 2.05) is 25.1 Å². The lowest BCUT2D eigenvalue weighted by Crippen LogP contribution is -2.20. The van der Waals surface area contributed by atoms with Crippen molar-refractivity contribution in [3.05, 3.63) is 70.9 Å². The Morgan fingerprint density at radius 2 is 1.84 bits per heavy atom. The van der Waals surface area contributed by atoms with E-state index in [1.54, 1.807) is 18.7 Å². The number of nitrogens with two attached hydrogens (primary N) is 1. The van der Waals surface area contributed by atoms with Gasteiger partial charge in [0.05, 0.1) is 5.69 Å². The third-order valence-electron chi connectivity index (χ3n) is 5.54. The Bertz CT molecular complexity index is 1290. The lowest BCUT2D eigenvalue weighted by atomic mass is 9.97. The Hall–Kier alpha value is -2.90. The maximum absolute atomic E-state index is 12.3. The first-order chi connectivity index (χ1) is 15.1. The van der Waals surface area contributed by atoms with E-state index in [4.69, 9.17) is 10.5 Å². The number of hydrogen-bond acceptors (Lipinski definition) is 6. The molecule has 32 heavy (non-hydrogen) atoms. The van der Waals surface area contributed by atoms with Crippen LogP contribution in [0.3, 0.4) is 0 Å². The highest BCUT2D eigenvalue weighted by Gasteiger charge is 2.19. The number of ether oxygens (including phenoxy) is 1. The Morgan fingerprint density at radius 1 is 1.12 bits per heavy atom. The van der Waals surface area contributed by atoms with Crippen molar-refractivity contribution < 1.29 is 8.95 Å². The summed E-state index contributed by atoms with van der Waals surface area (Å²) in [7, 11) is -0.159. The number of anilines is 1. The summed E-state index contributed by atoms with van der Waals surface area (Å²) in [6, 6.07) is 14.4. The Kier molecular flexibility index (Phi) is 5.97. The second-order valence-electron chi connectivity index (χ2n) is 8.86. The second kappa shape index (κ2) is 8.56. The van der Waals surface area contributed by atoms with Gasteiger partial charge in [-0.3, -0.25) is 4.90 Å². The molecule has 0 radical (unpaired) electrons. The number of benzene rings is 2. The van der Waals surface area contributed by atoms with Gasteiger partial charge < -0.3 is 10.5 Å². The molecular formula is C25H30N4O2S. The normalized spacial score (nSPS) is 16.7. The molecule has 1 aromatic heterocycles. The number of rotatable bonds is 1. The van der Waals surface area contributed by atoms with Gasteiger partial charge in [-0.2, -0.15) is 4.36 Å². The molecule has 1 aliphatic rings. The van der Waals surface area contributed by atoms with Gasteiger partial charge in [0.2, 0.25) is 0 Å². The van der Waals surface area contributed by atoms with E-state index >= 15 is 0 Å². The molecule has 7 heteroatoms. The van der Waals surface area contributed by atoms with E-state index in [2.05, 4.69) is 52.5 Å². The molecule has 1 aliphatic heterocycles. The standard InChI is InChI=1S/C25H30N4O2S/c1-16-6-7-18-14-29(3)15-19-8-9-21(28-32(4,5)30)12-23(19)20-11-24(25(26)27-13-20)31-17(2)22(18)10-16/h6-13,17H,14-15H2,1-5H3,(H2,26,27)/t17-/m1/s1. The molecule has 0 fully saturated rings. The van der Waals surface area contributed by atoms with Gasteiger partial charge in [-0.05, 0) is 61.3 Å². The number of nitrogen functional groups attached to an aromatic ring is 1. The van der Waals surface area contributed by atoms with E-state index in [1.165, 1.54) is 11.1 Å². The lowest BCUT2D eigenvalue weighted by molar-refractivity contribution is 0.223. The van der Waals surface area contributed by atoms with Crippen molar-refractivity contribution in [2.24, 2.45) is 4.36 Å². The van der Waals surface area contributed by atoms with Crippen LogP contribution < -0.4 is 10.5 Å². The van der Waals surface area contributed by atoms with Gasteiger partial charge in [-0.25, -0.2) is 9.19 Å². The largest absolute Gasteiger partial charge is 0.482 e. The van der Waals surface area contributed by atoms with Crippen molar-refractivity contribution in [2.75, 3.05) is 25.3 Å². The van der Waals surface area contributed by atoms with Gasteiger partial charge in [0.15, 0.2) is 11.6 Å². The molecule has 0 spiro atoms. The van der Waals surface area contributed by atoms with Crippen LogP contribution in [0.15, 0.2) is 53.0 Å². The van der Waals surface area contributed by atoms with E-state index in [-0.39, 0.29) is 6.10 Å². The van der Waals surface area contributed by atoms with Crippen molar-refractivity contribution in [3.8, 4) is 16.9 Å². The summed E-state index contributed by atoms with van der Waals surface area (Å²) in [6.07, 6.45) is 4.85. The number of hydrogen-bond donors (Lipinski definition) is 1. The summed E-state index contributed by atoms with van der Waals surface area (Å²) in [4.78, 5) is 6.70. The first kappa shape index (κ1) is 22.3. The summed E-state index contributed by atoms with van der Waals surface area (Å²) < 4.78 is 23.0. The first-order valence-electron chi connectivity index (χ1n) is 10.6. The van der Waals surface area contributed by atoms with Gasteiger partial charge >= 0.3 is 0 Å². The smallest absolute Gasteiger partial charge is 0.166 e. The van der Waals surface area contributed by atoms with Crippen LogP contribution in [0.5, 0.6) is 5.75 Å². The van der Waals surface area contributed by atoms with E-state index in [0.717, 1.165) is 35.3 Å². The number of fused-ring (bicyclic) bond motifs is 5. The van der Waals surface area contributed by atoms with Crippen LogP contribution in [0.2, 0.25) is 0 Å². The highest BCUT2D eigenvalue weighted by molar-refractivity contribution is 7.92. The third-order valence-corrected chi connectivity index (χ3v) is 6.19. The molecule has 2 N–H and O–H groups in total. The van der Waals surface area contributed by atoms with E-state index in [9.17, 15) is 4.21 Å². The van der Waals surface area contributed by atoms with Gasteiger partial charge in [0.25, 0.3) is 0 Å². The third kappa shape index (κ3) is 4.95. The molecule has 168 valence electrons. The van der Waals surface area contributed by atoms with E-state index < -0.39 is 9.73 Å². The zero-order valence-electron chi connectivity index (χ0n) is 19.3. The van der Waals surface area contributed by atoms with Gasteiger partial charge in [0, 0.05) is 47.1 Å². The number of aryl methyl sites for hydroxylation is 1. The molecular weight excluding hydrogens is 420 g/mol. The lowest BCUT2D eigenvalue weighted by Gasteiger charge is -2.25. The molecule has 0 saturated carbocycles. The summed E-state index contributed by atoms with van der Waals surface area (Å²) in [6.45, 7) is 5.66. The maximum Gasteiger partial charge on any atom is 0.166 e. The van der Waals surface area contributed by atoms with Crippen LogP contribution in [0.1, 0.15) is 35.3 Å². The van der Waals surface area contributed by atoms with Crippen molar-refractivity contribution >= 4 is 21.2 Å². The Balaban J connectivity index is 1.90. The zero-order chi connectivity index (χ0) is 23.0. The average Bonchev–Trinajstić information content (AvgIpc) is 2.70. The SMILES string of the molecule is Cc1ccc2c(c1)[C@@H](C)Oc1cc(cnc1N)-c1cc(N=S(C)(C)=O)ccc1CN(C)C2. The van der Waals surface area contributed by atoms with Crippen LogP contribution in [-0.4, -0.2) is 33.7 Å². The average molecular weight is 451 g/mol. The zero-order valence-corrected chi connectivity index (χ0v) is 20.1. The second-order valence-corrected chi connectivity index (χ2v) is 11.4. The molecule has 2 bridgehead atoms. The predicted octanol–water partition coefficient (Wildman–Crippen LogP) is 5.08. The van der Waals surface area contributed by atoms with Gasteiger partial charge in [-0.15, -0.1) is 0 Å². The summed E-state index contributed by atoms with van der Waals surface area (Å²) in [5.41, 5.74) is 13.4. The molecule has 0 saturated heterocycles. The van der Waals surface area contributed by atoms with Gasteiger partial charge in [-0.1, -0.05) is 29.8 Å². The predicted molar refractivity (Wildman–Crippen MR) is 132 cm³/mol. The monoisotopic (exact) mass is 450 g/mol. The molecule has 0 unspecified atom stereocenters. The highest BCUT2D eigenvalue weighted by atomic mass is 32.2. The van der Waals surface area contributed by atoms with Crippen LogP contribution in [0, 0.1) is 6.92 Å². The first-order valence-corrected chi connectivity index (χ1v) is 12.9. The van der Waals surface area contributed by atoms with E-state index in [0.29, 0.717) is 17.3 Å². The van der Waals surface area contributed by atoms with Crippen LogP contribution >= 0.6 is 0 Å². The van der Waals surface area contributed by atoms with Crippen LogP contribution in [-0.2, 0) is 22.8 Å². The van der Waals surface area contributed by atoms with Gasteiger partial charge in [0.1, 0.15) is 6.10 Å². The quantitative estimate of drug-likeness (QED) is 0.559. The molecule has 6 nitrogen and oxygen atoms in total. The molecule has 2 aromatic carbocycles. The minimum Gasteiger partial charge on any atom is -0.482 e. The van der Waals surface area contributed by atoms with Crippen LogP contribution in [0.4, 0.5) is 11.5 Å². The number of nitrogens with zero attached hydrogens (tertiary/aromatic N) is 3. The summed E-state index contributed by atoms with van der Waals surface area (Å²) in [5.74, 6) is 0.913. The fourth-order valence-corrected chi connectivity index (χ4v) is 4.73. The Morgan fingerprint density at radius 3 is 2.59 bits per heavy atom. The summed E-state index contributed by atoms with van der Waals surface area (Å²) in [5, 5.41) is 0. The van der Waals surface area contributed by atoms with Crippen LogP contribution in [0.25, 0.3) is 11.1 Å². The minimum atomic E-state index is -2.27. The summed E-state index contributed by atoms with van der Waals surface area (Å²) >= 11 is 0. The molecule has 3 aromatic rings. The maximum atomic E-state index is 12.3. The molecule has 4 rings (SSSR count). The fourth-order valence-electron chi connectivity index (χ4n) is 4.11.